The molecule has 1 heterocycles. The van der Waals surface area contributed by atoms with E-state index >= 15 is 0 Å². The molecule has 5 nitrogen and oxygen atoms in total. The summed E-state index contributed by atoms with van der Waals surface area (Å²) in [6, 6.07) is 6.94. The number of nitro benzene ring substituents is 1. The number of rotatable bonds is 7. The highest BCUT2D eigenvalue weighted by Gasteiger charge is 2.18. The Morgan fingerprint density at radius 1 is 1.27 bits per heavy atom. The highest BCUT2D eigenvalue weighted by molar-refractivity contribution is 5.85. The third-order valence-corrected chi connectivity index (χ3v) is 4.37. The molecule has 0 saturated carbocycles. The molecule has 1 fully saturated rings. The summed E-state index contributed by atoms with van der Waals surface area (Å²) in [6.45, 7) is 4.53. The molecule has 124 valence electrons. The molecule has 0 aromatic heterocycles. The monoisotopic (exact) mass is 327 g/mol. The predicted molar refractivity (Wildman–Crippen MR) is 91.8 cm³/mol. The summed E-state index contributed by atoms with van der Waals surface area (Å²) >= 11 is 0. The Morgan fingerprint density at radius 2 is 1.91 bits per heavy atom. The van der Waals surface area contributed by atoms with Gasteiger partial charge in [-0.1, -0.05) is 12.1 Å². The minimum atomic E-state index is -0.348. The van der Waals surface area contributed by atoms with Crippen molar-refractivity contribution >= 4 is 18.1 Å². The number of hydrogen-bond acceptors (Lipinski definition) is 4. The lowest BCUT2D eigenvalue weighted by Crippen LogP contribution is -2.35. The molecule has 1 N–H and O–H groups in total. The summed E-state index contributed by atoms with van der Waals surface area (Å²) in [5.74, 6) is 0.869. The summed E-state index contributed by atoms with van der Waals surface area (Å²) in [5.41, 5.74) is 1.35. The number of nitrogens with zero attached hydrogens (tertiary/aromatic N) is 2. The Kier molecular flexibility index (Phi) is 8.38. The van der Waals surface area contributed by atoms with Gasteiger partial charge in [0.15, 0.2) is 0 Å². The van der Waals surface area contributed by atoms with Crippen LogP contribution in [-0.4, -0.2) is 43.0 Å². The van der Waals surface area contributed by atoms with Gasteiger partial charge in [-0.15, -0.1) is 12.4 Å². The summed E-state index contributed by atoms with van der Waals surface area (Å²) in [4.78, 5) is 12.8. The number of non-ortho nitro benzene ring substituents is 1. The van der Waals surface area contributed by atoms with E-state index in [-0.39, 0.29) is 23.0 Å². The van der Waals surface area contributed by atoms with Gasteiger partial charge in [0.25, 0.3) is 5.69 Å². The molecule has 0 unspecified atom stereocenters. The van der Waals surface area contributed by atoms with Crippen molar-refractivity contribution in [2.75, 3.05) is 33.2 Å². The van der Waals surface area contributed by atoms with Crippen molar-refractivity contribution < 1.29 is 4.92 Å². The van der Waals surface area contributed by atoms with E-state index in [1.165, 1.54) is 37.9 Å². The Hall–Kier alpha value is -1.17. The molecular weight excluding hydrogens is 302 g/mol. The van der Waals surface area contributed by atoms with E-state index in [2.05, 4.69) is 10.2 Å². The number of nitrogens with one attached hydrogen (secondary N) is 1. The van der Waals surface area contributed by atoms with Gasteiger partial charge in [0.1, 0.15) is 0 Å². The van der Waals surface area contributed by atoms with Crippen molar-refractivity contribution in [2.24, 2.45) is 5.92 Å². The topological polar surface area (TPSA) is 58.4 Å². The second kappa shape index (κ2) is 9.77. The number of nitro groups is 1. The smallest absolute Gasteiger partial charge is 0.269 e. The molecule has 1 aliphatic rings. The molecule has 1 aliphatic heterocycles. The maximum atomic E-state index is 10.6. The van der Waals surface area contributed by atoms with Crippen LogP contribution in [0, 0.1) is 16.0 Å². The first-order chi connectivity index (χ1) is 10.2. The average Bonchev–Trinajstić information content (AvgIpc) is 2.52. The number of halogens is 1. The first-order valence-electron chi connectivity index (χ1n) is 7.79. The van der Waals surface area contributed by atoms with Gasteiger partial charge in [0.2, 0.25) is 0 Å². The first kappa shape index (κ1) is 18.9. The Balaban J connectivity index is 0.00000242. The number of piperidine rings is 1. The van der Waals surface area contributed by atoms with Crippen LogP contribution in [0.25, 0.3) is 0 Å². The van der Waals surface area contributed by atoms with E-state index in [9.17, 15) is 10.1 Å². The normalized spacial score (nSPS) is 16.2. The number of likely N-dealkylation sites (tertiary alicyclic amines) is 1. The number of hydrogen-bond donors (Lipinski definition) is 1. The highest BCUT2D eigenvalue weighted by atomic mass is 35.5. The fourth-order valence-electron chi connectivity index (χ4n) is 2.92. The van der Waals surface area contributed by atoms with Gasteiger partial charge >= 0.3 is 0 Å². The summed E-state index contributed by atoms with van der Waals surface area (Å²) in [6.07, 6.45) is 4.84. The van der Waals surface area contributed by atoms with Crippen LogP contribution in [0.3, 0.4) is 0 Å². The molecule has 0 bridgehead atoms. The van der Waals surface area contributed by atoms with Crippen LogP contribution in [0.5, 0.6) is 0 Å². The minimum absolute atomic E-state index is 0. The van der Waals surface area contributed by atoms with Crippen molar-refractivity contribution in [2.45, 2.75) is 25.7 Å². The Bertz CT molecular complexity index is 445. The lowest BCUT2D eigenvalue weighted by Gasteiger charge is -2.32. The fraction of sp³-hybridized carbons (Fsp3) is 0.625. The molecule has 1 aromatic rings. The number of benzene rings is 1. The van der Waals surface area contributed by atoms with Gasteiger partial charge in [-0.3, -0.25) is 10.1 Å². The molecule has 6 heteroatoms. The molecule has 0 radical (unpaired) electrons. The molecule has 1 saturated heterocycles. The fourth-order valence-corrected chi connectivity index (χ4v) is 2.92. The lowest BCUT2D eigenvalue weighted by atomic mass is 9.93. The quantitative estimate of drug-likeness (QED) is 0.618. The molecule has 0 atom stereocenters. The van der Waals surface area contributed by atoms with Crippen molar-refractivity contribution in [3.05, 3.63) is 39.9 Å². The summed E-state index contributed by atoms with van der Waals surface area (Å²) < 4.78 is 0. The molecule has 1 aromatic carbocycles. The van der Waals surface area contributed by atoms with Gasteiger partial charge in [0, 0.05) is 18.7 Å². The minimum Gasteiger partial charge on any atom is -0.320 e. The van der Waals surface area contributed by atoms with Crippen LogP contribution in [0.1, 0.15) is 24.8 Å². The van der Waals surface area contributed by atoms with Gasteiger partial charge in [-0.05, 0) is 63.8 Å². The van der Waals surface area contributed by atoms with Gasteiger partial charge in [-0.2, -0.15) is 0 Å². The zero-order valence-electron chi connectivity index (χ0n) is 13.2. The van der Waals surface area contributed by atoms with Crippen LogP contribution in [0.15, 0.2) is 24.3 Å². The predicted octanol–water partition coefficient (Wildman–Crippen LogP) is 2.88. The summed E-state index contributed by atoms with van der Waals surface area (Å²) in [5, 5.41) is 13.8. The average molecular weight is 328 g/mol. The maximum absolute atomic E-state index is 10.6. The third kappa shape index (κ3) is 5.91. The first-order valence-corrected chi connectivity index (χ1v) is 7.79. The van der Waals surface area contributed by atoms with Crippen LogP contribution in [0.2, 0.25) is 0 Å². The SMILES string of the molecule is CNCCC1CCN(CCc2ccc([N+](=O)[O-])cc2)CC1.Cl. The van der Waals surface area contributed by atoms with E-state index < -0.39 is 0 Å². The molecular formula is C16H26ClN3O2. The lowest BCUT2D eigenvalue weighted by molar-refractivity contribution is -0.384. The van der Waals surface area contributed by atoms with Crippen molar-refractivity contribution in [1.29, 1.82) is 0 Å². The zero-order valence-corrected chi connectivity index (χ0v) is 14.0. The molecule has 0 aliphatic carbocycles. The van der Waals surface area contributed by atoms with Crippen LogP contribution >= 0.6 is 12.4 Å². The van der Waals surface area contributed by atoms with Gasteiger partial charge in [0.05, 0.1) is 4.92 Å². The van der Waals surface area contributed by atoms with E-state index in [0.29, 0.717) is 0 Å². The van der Waals surface area contributed by atoms with E-state index in [1.807, 2.05) is 19.2 Å². The zero-order chi connectivity index (χ0) is 15.1. The van der Waals surface area contributed by atoms with Gasteiger partial charge in [-0.25, -0.2) is 0 Å². The van der Waals surface area contributed by atoms with Crippen molar-refractivity contribution in [1.82, 2.24) is 10.2 Å². The highest BCUT2D eigenvalue weighted by Crippen LogP contribution is 2.20. The third-order valence-electron chi connectivity index (χ3n) is 4.37. The molecule has 0 amide bonds. The van der Waals surface area contributed by atoms with Crippen LogP contribution in [-0.2, 0) is 6.42 Å². The Morgan fingerprint density at radius 3 is 2.45 bits per heavy atom. The summed E-state index contributed by atoms with van der Waals surface area (Å²) in [7, 11) is 2.01. The van der Waals surface area contributed by atoms with Crippen LogP contribution in [0.4, 0.5) is 5.69 Å². The second-order valence-corrected chi connectivity index (χ2v) is 5.85. The van der Waals surface area contributed by atoms with E-state index in [4.69, 9.17) is 0 Å². The maximum Gasteiger partial charge on any atom is 0.269 e. The van der Waals surface area contributed by atoms with Crippen molar-refractivity contribution in [3.8, 4) is 0 Å². The van der Waals surface area contributed by atoms with Crippen LogP contribution < -0.4 is 5.32 Å². The van der Waals surface area contributed by atoms with Crippen molar-refractivity contribution in [3.63, 3.8) is 0 Å². The second-order valence-electron chi connectivity index (χ2n) is 5.85. The van der Waals surface area contributed by atoms with E-state index in [1.54, 1.807) is 12.1 Å². The van der Waals surface area contributed by atoms with Gasteiger partial charge < -0.3 is 10.2 Å². The Labute approximate surface area is 138 Å². The molecule has 0 spiro atoms. The molecule has 2 rings (SSSR count). The van der Waals surface area contributed by atoms with E-state index in [0.717, 1.165) is 25.4 Å². The standard InChI is InChI=1S/C16H25N3O2.ClH/c1-17-10-6-15-8-12-18(13-9-15)11-7-14-2-4-16(5-3-14)19(20)21;/h2-5,15,17H,6-13H2,1H3;1H. The largest absolute Gasteiger partial charge is 0.320 e. The molecule has 22 heavy (non-hydrogen) atoms.